The first-order valence-electron chi connectivity index (χ1n) is 10.7. The second-order valence-electron chi connectivity index (χ2n) is 7.75. The van der Waals surface area contributed by atoms with Crippen molar-refractivity contribution in [2.24, 2.45) is 0 Å². The van der Waals surface area contributed by atoms with Crippen LogP contribution in [0.4, 0.5) is 5.69 Å². The summed E-state index contributed by atoms with van der Waals surface area (Å²) in [6.45, 7) is 0.242. The van der Waals surface area contributed by atoms with Crippen LogP contribution in [0, 0.1) is 0 Å². The molecule has 2 aromatic carbocycles. The van der Waals surface area contributed by atoms with E-state index in [-0.39, 0.29) is 23.6 Å². The van der Waals surface area contributed by atoms with Gasteiger partial charge in [-0.15, -0.1) is 10.2 Å². The lowest BCUT2D eigenvalue weighted by atomic mass is 10.1. The Labute approximate surface area is 200 Å². The first kappa shape index (κ1) is 21.8. The van der Waals surface area contributed by atoms with Crippen LogP contribution in [0.25, 0.3) is 17.1 Å². The molecule has 35 heavy (non-hydrogen) atoms. The Morgan fingerprint density at radius 3 is 2.43 bits per heavy atom. The van der Waals surface area contributed by atoms with Gasteiger partial charge in [0.05, 0.1) is 17.8 Å². The molecule has 2 N–H and O–H groups in total. The van der Waals surface area contributed by atoms with E-state index in [2.05, 4.69) is 20.2 Å². The number of amides is 1. The van der Waals surface area contributed by atoms with E-state index >= 15 is 0 Å². The van der Waals surface area contributed by atoms with E-state index in [1.54, 1.807) is 46.6 Å². The van der Waals surface area contributed by atoms with Gasteiger partial charge in [-0.25, -0.2) is 4.98 Å². The van der Waals surface area contributed by atoms with E-state index in [1.807, 2.05) is 42.5 Å². The largest absolute Gasteiger partial charge is 0.508 e. The van der Waals surface area contributed by atoms with Crippen LogP contribution in [0.2, 0.25) is 0 Å². The number of pyridine rings is 1. The van der Waals surface area contributed by atoms with Crippen molar-refractivity contribution in [2.75, 3.05) is 4.90 Å². The molecule has 0 aliphatic rings. The highest BCUT2D eigenvalue weighted by Crippen LogP contribution is 2.28. The molecule has 0 atom stereocenters. The Morgan fingerprint density at radius 2 is 1.77 bits per heavy atom. The first-order valence-corrected chi connectivity index (χ1v) is 10.7. The Hall–Kier alpha value is -5.05. The van der Waals surface area contributed by atoms with E-state index in [1.165, 1.54) is 12.1 Å². The summed E-state index contributed by atoms with van der Waals surface area (Å²) in [7, 11) is 0. The van der Waals surface area contributed by atoms with Crippen molar-refractivity contribution in [1.29, 1.82) is 0 Å². The Morgan fingerprint density at radius 1 is 0.914 bits per heavy atom. The fourth-order valence-electron chi connectivity index (χ4n) is 3.62. The minimum Gasteiger partial charge on any atom is -0.508 e. The molecule has 9 nitrogen and oxygen atoms in total. The summed E-state index contributed by atoms with van der Waals surface area (Å²) in [6, 6.07) is 18.6. The number of hydrogen-bond acceptors (Lipinski definition) is 7. The van der Waals surface area contributed by atoms with Gasteiger partial charge in [0.2, 0.25) is 0 Å². The standard InChI is InChI=1S/C26H20N6O3/c33-21-7-8-22(24(34)14-21)26(35)32(16-18-2-1-11-27-15-18)20-5-3-19(4-6-20)23-9-10-25(30-29-23)31-13-12-28-17-31/h1-15,17,33-34H,16H2. The second kappa shape index (κ2) is 9.44. The van der Waals surface area contributed by atoms with Crippen LogP contribution in [-0.2, 0) is 6.54 Å². The molecule has 0 aliphatic carbocycles. The number of carbonyl (C=O) groups excluding carboxylic acids is 1. The summed E-state index contributed by atoms with van der Waals surface area (Å²) in [5, 5.41) is 28.4. The number of imidazole rings is 1. The summed E-state index contributed by atoms with van der Waals surface area (Å²) in [5.41, 5.74) is 3.04. The zero-order chi connectivity index (χ0) is 24.2. The number of hydrogen-bond donors (Lipinski definition) is 2. The molecule has 5 rings (SSSR count). The van der Waals surface area contributed by atoms with Crippen molar-refractivity contribution >= 4 is 11.6 Å². The van der Waals surface area contributed by atoms with Gasteiger partial charge in [0.25, 0.3) is 5.91 Å². The van der Waals surface area contributed by atoms with Crippen molar-refractivity contribution in [3.05, 3.63) is 109 Å². The zero-order valence-corrected chi connectivity index (χ0v) is 18.4. The Bertz CT molecular complexity index is 1440. The molecular formula is C26H20N6O3. The quantitative estimate of drug-likeness (QED) is 0.390. The van der Waals surface area contributed by atoms with Gasteiger partial charge in [0, 0.05) is 42.1 Å². The maximum atomic E-state index is 13.4. The highest BCUT2D eigenvalue weighted by Gasteiger charge is 2.22. The van der Waals surface area contributed by atoms with Gasteiger partial charge in [-0.2, -0.15) is 0 Å². The van der Waals surface area contributed by atoms with Gasteiger partial charge >= 0.3 is 0 Å². The van der Waals surface area contributed by atoms with Crippen LogP contribution in [-0.4, -0.2) is 40.9 Å². The molecule has 0 aliphatic heterocycles. The fourth-order valence-corrected chi connectivity index (χ4v) is 3.62. The third-order valence-electron chi connectivity index (χ3n) is 5.41. The number of rotatable bonds is 6. The maximum Gasteiger partial charge on any atom is 0.262 e. The minimum atomic E-state index is -0.413. The number of benzene rings is 2. The average molecular weight is 464 g/mol. The van der Waals surface area contributed by atoms with E-state index < -0.39 is 5.91 Å². The lowest BCUT2D eigenvalue weighted by Crippen LogP contribution is -2.30. The monoisotopic (exact) mass is 464 g/mol. The second-order valence-corrected chi connectivity index (χ2v) is 7.75. The van der Waals surface area contributed by atoms with Crippen LogP contribution in [0.5, 0.6) is 11.5 Å². The molecule has 0 saturated heterocycles. The molecule has 0 bridgehead atoms. The molecule has 0 spiro atoms. The molecule has 0 radical (unpaired) electrons. The fraction of sp³-hybridized carbons (Fsp3) is 0.0385. The van der Waals surface area contributed by atoms with Gasteiger partial charge in [-0.05, 0) is 48.0 Å². The third-order valence-corrected chi connectivity index (χ3v) is 5.41. The third kappa shape index (κ3) is 4.69. The molecular weight excluding hydrogens is 444 g/mol. The lowest BCUT2D eigenvalue weighted by Gasteiger charge is -2.24. The molecule has 5 aromatic rings. The SMILES string of the molecule is O=C(c1ccc(O)cc1O)N(Cc1cccnc1)c1ccc(-c2ccc(-n3ccnc3)nn2)cc1. The molecule has 3 aromatic heterocycles. The molecule has 1 amide bonds. The zero-order valence-electron chi connectivity index (χ0n) is 18.4. The van der Waals surface area contributed by atoms with Crippen LogP contribution >= 0.6 is 0 Å². The van der Waals surface area contributed by atoms with Gasteiger partial charge in [-0.1, -0.05) is 18.2 Å². The summed E-state index contributed by atoms with van der Waals surface area (Å²) < 4.78 is 1.76. The summed E-state index contributed by atoms with van der Waals surface area (Å²) in [5.74, 6) is -0.174. The van der Waals surface area contributed by atoms with Crippen LogP contribution < -0.4 is 4.90 Å². The minimum absolute atomic E-state index is 0.0803. The van der Waals surface area contributed by atoms with Crippen LogP contribution in [0.15, 0.2) is 97.8 Å². The number of carbonyl (C=O) groups is 1. The number of nitrogens with zero attached hydrogens (tertiary/aromatic N) is 6. The average Bonchev–Trinajstić information content (AvgIpc) is 3.43. The van der Waals surface area contributed by atoms with Crippen molar-refractivity contribution < 1.29 is 15.0 Å². The Balaban J connectivity index is 1.45. The summed E-state index contributed by atoms with van der Waals surface area (Å²) in [4.78, 5) is 23.1. The summed E-state index contributed by atoms with van der Waals surface area (Å²) >= 11 is 0. The highest BCUT2D eigenvalue weighted by molar-refractivity contribution is 6.08. The molecule has 9 heteroatoms. The number of phenolic OH excluding ortho intramolecular Hbond substituents is 2. The van der Waals surface area contributed by atoms with Gasteiger partial charge in [-0.3, -0.25) is 14.3 Å². The van der Waals surface area contributed by atoms with Crippen LogP contribution in [0.3, 0.4) is 0 Å². The van der Waals surface area contributed by atoms with Crippen molar-refractivity contribution in [1.82, 2.24) is 24.7 Å². The normalized spacial score (nSPS) is 10.7. The van der Waals surface area contributed by atoms with Crippen LogP contribution in [0.1, 0.15) is 15.9 Å². The highest BCUT2D eigenvalue weighted by atomic mass is 16.3. The molecule has 0 fully saturated rings. The Kier molecular flexibility index (Phi) is 5.87. The molecule has 0 saturated carbocycles. The molecule has 3 heterocycles. The molecule has 0 unspecified atom stereocenters. The smallest absolute Gasteiger partial charge is 0.262 e. The first-order chi connectivity index (χ1) is 17.1. The molecule has 172 valence electrons. The predicted molar refractivity (Wildman–Crippen MR) is 129 cm³/mol. The number of aromatic hydroxyl groups is 2. The van der Waals surface area contributed by atoms with Gasteiger partial charge < -0.3 is 15.1 Å². The number of aromatic nitrogens is 5. The number of anilines is 1. The summed E-state index contributed by atoms with van der Waals surface area (Å²) in [6.07, 6.45) is 8.46. The number of phenols is 2. The van der Waals surface area contributed by atoms with Crippen molar-refractivity contribution in [3.63, 3.8) is 0 Å². The van der Waals surface area contributed by atoms with Crippen molar-refractivity contribution in [2.45, 2.75) is 6.54 Å². The van der Waals surface area contributed by atoms with E-state index in [0.29, 0.717) is 17.2 Å². The maximum absolute atomic E-state index is 13.4. The topological polar surface area (TPSA) is 117 Å². The predicted octanol–water partition coefficient (Wildman–Crippen LogP) is 3.98. The van der Waals surface area contributed by atoms with E-state index in [0.717, 1.165) is 17.2 Å². The van der Waals surface area contributed by atoms with Gasteiger partial charge in [0.15, 0.2) is 5.82 Å². The van der Waals surface area contributed by atoms with Crippen molar-refractivity contribution in [3.8, 4) is 28.6 Å². The lowest BCUT2D eigenvalue weighted by molar-refractivity contribution is 0.0982. The van der Waals surface area contributed by atoms with E-state index in [9.17, 15) is 15.0 Å². The van der Waals surface area contributed by atoms with Gasteiger partial charge in [0.1, 0.15) is 17.8 Å². The van der Waals surface area contributed by atoms with E-state index in [4.69, 9.17) is 0 Å².